The van der Waals surface area contributed by atoms with Gasteiger partial charge < -0.3 is 10.3 Å². The van der Waals surface area contributed by atoms with E-state index in [2.05, 4.69) is 10.3 Å². The fourth-order valence-electron chi connectivity index (χ4n) is 3.38. The molecule has 0 atom stereocenters. The molecule has 0 saturated heterocycles. The molecule has 1 aliphatic carbocycles. The molecule has 1 heterocycles. The lowest BCUT2D eigenvalue weighted by Crippen LogP contribution is -2.24. The number of nitrogens with one attached hydrogen (secondary N) is 2. The van der Waals surface area contributed by atoms with Gasteiger partial charge in [-0.25, -0.2) is 8.42 Å². The molecule has 0 radical (unpaired) electrons. The predicted molar refractivity (Wildman–Crippen MR) is 107 cm³/mol. The summed E-state index contributed by atoms with van der Waals surface area (Å²) in [4.78, 5) is 15.4. The maximum absolute atomic E-state index is 13.6. The van der Waals surface area contributed by atoms with E-state index in [1.165, 1.54) is 12.1 Å². The number of amides is 1. The molecule has 1 aromatic heterocycles. The Balaban J connectivity index is 1.53. The number of fused-ring (bicyclic) bond motifs is 1. The molecule has 4 rings (SSSR count). The van der Waals surface area contributed by atoms with Gasteiger partial charge in [-0.05, 0) is 54.3 Å². The molecule has 0 bridgehead atoms. The van der Waals surface area contributed by atoms with Crippen LogP contribution in [0.5, 0.6) is 0 Å². The van der Waals surface area contributed by atoms with Crippen LogP contribution in [0.1, 0.15) is 39.9 Å². The monoisotopic (exact) mass is 436 g/mol. The molecule has 1 amide bonds. The van der Waals surface area contributed by atoms with Crippen LogP contribution >= 0.6 is 0 Å². The third kappa shape index (κ3) is 4.35. The number of sulfone groups is 1. The summed E-state index contributed by atoms with van der Waals surface area (Å²) in [5.41, 5.74) is 0.228. The Kier molecular flexibility index (Phi) is 5.09. The van der Waals surface area contributed by atoms with Crippen molar-refractivity contribution in [3.05, 3.63) is 70.9 Å². The lowest BCUT2D eigenvalue weighted by molar-refractivity contribution is -0.138. The first-order chi connectivity index (χ1) is 14.1. The molecule has 3 aromatic rings. The van der Waals surface area contributed by atoms with Crippen LogP contribution in [0.15, 0.2) is 48.7 Å². The number of aromatic amines is 1. The fraction of sp³-hybridized carbons (Fsp3) is 0.286. The summed E-state index contributed by atoms with van der Waals surface area (Å²) >= 11 is 0. The van der Waals surface area contributed by atoms with E-state index < -0.39 is 38.5 Å². The van der Waals surface area contributed by atoms with Gasteiger partial charge in [-0.3, -0.25) is 4.79 Å². The number of aromatic nitrogens is 1. The SMILES string of the molecule is O=C(NCc1ccc(CS(=O)(=O)C2CC2)cc1C(F)(F)F)c1ccc2[nH]ccc2c1. The lowest BCUT2D eigenvalue weighted by Gasteiger charge is -2.15. The third-order valence-electron chi connectivity index (χ3n) is 5.13. The summed E-state index contributed by atoms with van der Waals surface area (Å²) in [5.74, 6) is -0.907. The van der Waals surface area contributed by atoms with Crippen LogP contribution < -0.4 is 5.32 Å². The Morgan fingerprint density at radius 2 is 1.87 bits per heavy atom. The topological polar surface area (TPSA) is 79.0 Å². The van der Waals surface area contributed by atoms with E-state index >= 15 is 0 Å². The van der Waals surface area contributed by atoms with Gasteiger partial charge in [-0.15, -0.1) is 0 Å². The summed E-state index contributed by atoms with van der Waals surface area (Å²) in [7, 11) is -3.43. The van der Waals surface area contributed by atoms with E-state index in [0.717, 1.165) is 17.0 Å². The number of carbonyl (C=O) groups excluding carboxylic acids is 1. The standard InChI is InChI=1S/C21H19F3N2O3S/c22-21(23,24)18-9-13(12-30(28,29)17-4-5-17)1-2-16(18)11-26-20(27)15-3-6-19-14(10-15)7-8-25-19/h1-3,6-10,17,25H,4-5,11-12H2,(H,26,27). The average molecular weight is 436 g/mol. The quantitative estimate of drug-likeness (QED) is 0.608. The smallest absolute Gasteiger partial charge is 0.361 e. The van der Waals surface area contributed by atoms with Gasteiger partial charge in [0.2, 0.25) is 0 Å². The van der Waals surface area contributed by atoms with E-state index in [-0.39, 0.29) is 17.7 Å². The Bertz CT molecular complexity index is 1210. The highest BCUT2D eigenvalue weighted by molar-refractivity contribution is 7.91. The first-order valence-electron chi connectivity index (χ1n) is 9.39. The summed E-state index contributed by atoms with van der Waals surface area (Å²) in [6.45, 7) is -0.325. The van der Waals surface area contributed by atoms with Crippen molar-refractivity contribution in [1.29, 1.82) is 0 Å². The van der Waals surface area contributed by atoms with Crippen molar-refractivity contribution in [3.63, 3.8) is 0 Å². The minimum absolute atomic E-state index is 0.0993. The van der Waals surface area contributed by atoms with Crippen molar-refractivity contribution >= 4 is 26.6 Å². The maximum atomic E-state index is 13.6. The van der Waals surface area contributed by atoms with Crippen LogP contribution in [-0.4, -0.2) is 24.6 Å². The second kappa shape index (κ2) is 7.46. The van der Waals surface area contributed by atoms with E-state index in [1.54, 1.807) is 30.5 Å². The molecule has 9 heteroatoms. The highest BCUT2D eigenvalue weighted by atomic mass is 32.2. The van der Waals surface area contributed by atoms with E-state index in [4.69, 9.17) is 0 Å². The van der Waals surface area contributed by atoms with Crippen molar-refractivity contribution in [2.45, 2.75) is 36.6 Å². The van der Waals surface area contributed by atoms with Crippen LogP contribution in [0, 0.1) is 0 Å². The first-order valence-corrected chi connectivity index (χ1v) is 11.1. The van der Waals surface area contributed by atoms with Gasteiger partial charge in [-0.2, -0.15) is 13.2 Å². The van der Waals surface area contributed by atoms with Crippen molar-refractivity contribution in [2.24, 2.45) is 0 Å². The Labute approximate surface area is 171 Å². The molecular formula is C21H19F3N2O3S. The molecule has 0 aliphatic heterocycles. The second-order valence-corrected chi connectivity index (χ2v) is 9.74. The first kappa shape index (κ1) is 20.5. The molecule has 0 unspecified atom stereocenters. The lowest BCUT2D eigenvalue weighted by atomic mass is 10.0. The molecule has 158 valence electrons. The Morgan fingerprint density at radius 1 is 1.10 bits per heavy atom. The van der Waals surface area contributed by atoms with E-state index in [0.29, 0.717) is 18.4 Å². The third-order valence-corrected chi connectivity index (χ3v) is 7.36. The van der Waals surface area contributed by atoms with E-state index in [1.807, 2.05) is 0 Å². The zero-order valence-corrected chi connectivity index (χ0v) is 16.6. The average Bonchev–Trinajstić information content (AvgIpc) is 3.44. The second-order valence-electron chi connectivity index (χ2n) is 7.46. The molecule has 30 heavy (non-hydrogen) atoms. The number of rotatable bonds is 6. The predicted octanol–water partition coefficient (Wildman–Crippen LogP) is 4.19. The van der Waals surface area contributed by atoms with Gasteiger partial charge >= 0.3 is 6.18 Å². The largest absolute Gasteiger partial charge is 0.416 e. The number of hydrogen-bond donors (Lipinski definition) is 2. The maximum Gasteiger partial charge on any atom is 0.416 e. The summed E-state index contributed by atoms with van der Waals surface area (Å²) in [6, 6.07) is 10.2. The van der Waals surface area contributed by atoms with Crippen LogP contribution in [-0.2, 0) is 28.3 Å². The van der Waals surface area contributed by atoms with Crippen LogP contribution in [0.3, 0.4) is 0 Å². The van der Waals surface area contributed by atoms with Crippen LogP contribution in [0.2, 0.25) is 0 Å². The molecule has 2 N–H and O–H groups in total. The Hall–Kier alpha value is -2.81. The molecular weight excluding hydrogens is 417 g/mol. The number of H-pyrrole nitrogens is 1. The number of benzene rings is 2. The highest BCUT2D eigenvalue weighted by Crippen LogP contribution is 2.35. The molecule has 2 aromatic carbocycles. The zero-order valence-electron chi connectivity index (χ0n) is 15.8. The fourth-order valence-corrected chi connectivity index (χ4v) is 5.12. The van der Waals surface area contributed by atoms with Gasteiger partial charge in [-0.1, -0.05) is 12.1 Å². The number of alkyl halides is 3. The summed E-state index contributed by atoms with van der Waals surface area (Å²) in [6.07, 6.45) is -1.81. The minimum Gasteiger partial charge on any atom is -0.361 e. The van der Waals surface area contributed by atoms with Gasteiger partial charge in [0.15, 0.2) is 9.84 Å². The van der Waals surface area contributed by atoms with Gasteiger partial charge in [0.05, 0.1) is 16.6 Å². The summed E-state index contributed by atoms with van der Waals surface area (Å²) < 4.78 is 64.9. The molecule has 5 nitrogen and oxygen atoms in total. The normalized spacial score (nSPS) is 14.8. The van der Waals surface area contributed by atoms with Crippen molar-refractivity contribution < 1.29 is 26.4 Å². The van der Waals surface area contributed by atoms with Crippen LogP contribution in [0.4, 0.5) is 13.2 Å². The Morgan fingerprint density at radius 3 is 2.57 bits per heavy atom. The molecule has 1 aliphatic rings. The van der Waals surface area contributed by atoms with Crippen molar-refractivity contribution in [1.82, 2.24) is 10.3 Å². The number of halogens is 3. The highest BCUT2D eigenvalue weighted by Gasteiger charge is 2.37. The number of hydrogen-bond acceptors (Lipinski definition) is 3. The van der Waals surface area contributed by atoms with Crippen molar-refractivity contribution in [2.75, 3.05) is 0 Å². The van der Waals surface area contributed by atoms with Gasteiger partial charge in [0.25, 0.3) is 5.91 Å². The summed E-state index contributed by atoms with van der Waals surface area (Å²) in [5, 5.41) is 2.89. The molecule has 1 saturated carbocycles. The molecule has 1 fully saturated rings. The minimum atomic E-state index is -4.66. The van der Waals surface area contributed by atoms with Gasteiger partial charge in [0, 0.05) is 29.2 Å². The van der Waals surface area contributed by atoms with E-state index in [9.17, 15) is 26.4 Å². The zero-order chi connectivity index (χ0) is 21.5. The van der Waals surface area contributed by atoms with Crippen molar-refractivity contribution in [3.8, 4) is 0 Å². The number of carbonyl (C=O) groups is 1. The van der Waals surface area contributed by atoms with Gasteiger partial charge in [0.1, 0.15) is 0 Å². The molecule has 0 spiro atoms. The van der Waals surface area contributed by atoms with Crippen LogP contribution in [0.25, 0.3) is 10.9 Å².